The number of fused-ring (bicyclic) bond motifs is 1. The second-order valence-electron chi connectivity index (χ2n) is 7.53. The molecule has 0 aromatic carbocycles. The molecule has 1 aliphatic rings. The summed E-state index contributed by atoms with van der Waals surface area (Å²) in [4.78, 5) is 25.3. The highest BCUT2D eigenvalue weighted by molar-refractivity contribution is 5.80. The molecule has 0 spiro atoms. The lowest BCUT2D eigenvalue weighted by Crippen LogP contribution is -2.49. The van der Waals surface area contributed by atoms with Crippen molar-refractivity contribution in [1.82, 2.24) is 24.5 Å². The molecule has 0 aliphatic carbocycles. The van der Waals surface area contributed by atoms with E-state index >= 15 is 0 Å². The van der Waals surface area contributed by atoms with Gasteiger partial charge >= 0.3 is 6.09 Å². The molecule has 30 heavy (non-hydrogen) atoms. The van der Waals surface area contributed by atoms with Crippen molar-refractivity contribution in [2.45, 2.75) is 26.9 Å². The third-order valence-electron chi connectivity index (χ3n) is 5.04. The topological polar surface area (TPSA) is 85.1 Å². The maximum Gasteiger partial charge on any atom is 0.410 e. The summed E-state index contributed by atoms with van der Waals surface area (Å²) in [5.41, 5.74) is 3.33. The van der Waals surface area contributed by atoms with E-state index in [1.165, 1.54) is 0 Å². The molecule has 0 bridgehead atoms. The molecule has 3 aromatic rings. The highest BCUT2D eigenvalue weighted by Gasteiger charge is 2.24. The first kappa shape index (κ1) is 19.9. The summed E-state index contributed by atoms with van der Waals surface area (Å²) < 4.78 is 12.5. The molecule has 1 aliphatic heterocycles. The Morgan fingerprint density at radius 2 is 1.83 bits per heavy atom. The first-order valence-electron chi connectivity index (χ1n) is 10.0. The fraction of sp³-hybridized carbons (Fsp3) is 0.429. The van der Waals surface area contributed by atoms with Crippen LogP contribution in [0.5, 0.6) is 5.88 Å². The number of anilines is 1. The normalized spacial score (nSPS) is 14.4. The first-order valence-corrected chi connectivity index (χ1v) is 10.0. The van der Waals surface area contributed by atoms with Crippen LogP contribution in [-0.4, -0.2) is 70.0 Å². The molecule has 0 N–H and O–H groups in total. The third kappa shape index (κ3) is 3.87. The molecule has 0 radical (unpaired) electrons. The maximum absolute atomic E-state index is 12.1. The number of ether oxygens (including phenoxy) is 2. The number of piperazine rings is 1. The second kappa shape index (κ2) is 8.17. The summed E-state index contributed by atoms with van der Waals surface area (Å²) in [7, 11) is 1.61. The number of aryl methyl sites for hydroxylation is 1. The molecule has 9 nitrogen and oxygen atoms in total. The number of amides is 1. The van der Waals surface area contributed by atoms with E-state index in [0.29, 0.717) is 32.1 Å². The van der Waals surface area contributed by atoms with Gasteiger partial charge < -0.3 is 19.3 Å². The summed E-state index contributed by atoms with van der Waals surface area (Å²) in [6.07, 6.45) is 3.30. The summed E-state index contributed by atoms with van der Waals surface area (Å²) in [6.45, 7) is 8.21. The lowest BCUT2D eigenvalue weighted by molar-refractivity contribution is 0.0751. The summed E-state index contributed by atoms with van der Waals surface area (Å²) in [6, 6.07) is 5.86. The molecule has 4 rings (SSSR count). The van der Waals surface area contributed by atoms with Gasteiger partial charge in [-0.2, -0.15) is 5.10 Å². The van der Waals surface area contributed by atoms with Gasteiger partial charge in [0.05, 0.1) is 25.0 Å². The van der Waals surface area contributed by atoms with Gasteiger partial charge in [-0.3, -0.25) is 0 Å². The van der Waals surface area contributed by atoms with Gasteiger partial charge in [-0.05, 0) is 39.0 Å². The zero-order valence-electron chi connectivity index (χ0n) is 17.7. The van der Waals surface area contributed by atoms with E-state index in [-0.39, 0.29) is 12.2 Å². The average Bonchev–Trinajstić information content (AvgIpc) is 3.16. The largest absolute Gasteiger partial charge is 0.481 e. The summed E-state index contributed by atoms with van der Waals surface area (Å²) >= 11 is 0. The number of rotatable bonds is 4. The Morgan fingerprint density at radius 3 is 2.53 bits per heavy atom. The highest BCUT2D eigenvalue weighted by Crippen LogP contribution is 2.31. The maximum atomic E-state index is 12.1. The van der Waals surface area contributed by atoms with Gasteiger partial charge in [0.25, 0.3) is 0 Å². The van der Waals surface area contributed by atoms with Crippen molar-refractivity contribution in [3.8, 4) is 17.0 Å². The lowest BCUT2D eigenvalue weighted by atomic mass is 10.1. The van der Waals surface area contributed by atoms with Crippen molar-refractivity contribution in [3.05, 3.63) is 36.3 Å². The number of methoxy groups -OCH3 is 1. The molecule has 0 atom stereocenters. The van der Waals surface area contributed by atoms with Crippen molar-refractivity contribution in [3.63, 3.8) is 0 Å². The van der Waals surface area contributed by atoms with Gasteiger partial charge in [0.2, 0.25) is 5.88 Å². The van der Waals surface area contributed by atoms with E-state index in [1.54, 1.807) is 22.7 Å². The molecular formula is C21H26N6O3. The van der Waals surface area contributed by atoms with Crippen LogP contribution in [-0.2, 0) is 4.74 Å². The van der Waals surface area contributed by atoms with Crippen molar-refractivity contribution in [2.24, 2.45) is 0 Å². The predicted octanol–water partition coefficient (Wildman–Crippen LogP) is 2.78. The molecule has 1 amide bonds. The van der Waals surface area contributed by atoms with Gasteiger partial charge in [0, 0.05) is 43.6 Å². The van der Waals surface area contributed by atoms with Gasteiger partial charge in [-0.1, -0.05) is 0 Å². The van der Waals surface area contributed by atoms with Crippen LogP contribution < -0.4 is 9.64 Å². The number of carbonyl (C=O) groups is 1. The Labute approximate surface area is 175 Å². The van der Waals surface area contributed by atoms with E-state index in [1.807, 2.05) is 45.2 Å². The van der Waals surface area contributed by atoms with E-state index < -0.39 is 0 Å². The number of hydrogen-bond acceptors (Lipinski definition) is 7. The molecule has 158 valence electrons. The Hall–Kier alpha value is -3.36. The van der Waals surface area contributed by atoms with Gasteiger partial charge in [0.1, 0.15) is 5.82 Å². The second-order valence-corrected chi connectivity index (χ2v) is 7.53. The van der Waals surface area contributed by atoms with E-state index in [0.717, 1.165) is 28.3 Å². The minimum atomic E-state index is -0.259. The molecule has 1 saturated heterocycles. The first-order chi connectivity index (χ1) is 14.5. The quantitative estimate of drug-likeness (QED) is 0.654. The smallest absolute Gasteiger partial charge is 0.410 e. The van der Waals surface area contributed by atoms with E-state index in [2.05, 4.69) is 15.0 Å². The van der Waals surface area contributed by atoms with Gasteiger partial charge in [-0.25, -0.2) is 19.3 Å². The fourth-order valence-corrected chi connectivity index (χ4v) is 3.51. The number of pyridine rings is 1. The van der Waals surface area contributed by atoms with Crippen LogP contribution in [0, 0.1) is 6.92 Å². The molecule has 1 fully saturated rings. The molecule has 4 heterocycles. The monoisotopic (exact) mass is 410 g/mol. The minimum Gasteiger partial charge on any atom is -0.481 e. The third-order valence-corrected chi connectivity index (χ3v) is 5.04. The van der Waals surface area contributed by atoms with Gasteiger partial charge in [0.15, 0.2) is 5.65 Å². The highest BCUT2D eigenvalue weighted by atomic mass is 16.6. The summed E-state index contributed by atoms with van der Waals surface area (Å²) in [5, 5.41) is 4.42. The van der Waals surface area contributed by atoms with E-state index in [4.69, 9.17) is 14.5 Å². The molecule has 3 aromatic heterocycles. The van der Waals surface area contributed by atoms with Crippen LogP contribution in [0.15, 0.2) is 30.6 Å². The van der Waals surface area contributed by atoms with Crippen LogP contribution in [0.1, 0.15) is 19.5 Å². The van der Waals surface area contributed by atoms with Crippen molar-refractivity contribution >= 4 is 17.6 Å². The van der Waals surface area contributed by atoms with Crippen molar-refractivity contribution < 1.29 is 14.3 Å². The number of hydrogen-bond donors (Lipinski definition) is 0. The number of nitrogens with zero attached hydrogens (tertiary/aromatic N) is 6. The number of carbonyl (C=O) groups excluding carboxylic acids is 1. The van der Waals surface area contributed by atoms with E-state index in [9.17, 15) is 4.79 Å². The summed E-state index contributed by atoms with van der Waals surface area (Å²) in [5.74, 6) is 1.40. The fourth-order valence-electron chi connectivity index (χ4n) is 3.51. The minimum absolute atomic E-state index is 0.117. The SMILES string of the molecule is COc1nc(C)ccc1-c1cnn2ccc(N3CCN(C(=O)OC(C)C)CC3)nc12. The Bertz CT molecular complexity index is 1060. The van der Waals surface area contributed by atoms with Crippen LogP contribution in [0.3, 0.4) is 0 Å². The van der Waals surface area contributed by atoms with Crippen LogP contribution >= 0.6 is 0 Å². The standard InChI is InChI=1S/C21H26N6O3/c1-14(2)30-21(28)26-11-9-25(10-12-26)18-7-8-27-19(24-18)17(13-22-27)16-6-5-15(3)23-20(16)29-4/h5-8,13-14H,9-12H2,1-4H3. The van der Waals surface area contributed by atoms with Crippen molar-refractivity contribution in [1.29, 1.82) is 0 Å². The average molecular weight is 410 g/mol. The van der Waals surface area contributed by atoms with Crippen LogP contribution in [0.4, 0.5) is 10.6 Å². The van der Waals surface area contributed by atoms with Crippen LogP contribution in [0.2, 0.25) is 0 Å². The predicted molar refractivity (Wildman–Crippen MR) is 113 cm³/mol. The van der Waals surface area contributed by atoms with Gasteiger partial charge in [-0.15, -0.1) is 0 Å². The zero-order chi connectivity index (χ0) is 21.3. The Morgan fingerprint density at radius 1 is 1.07 bits per heavy atom. The Balaban J connectivity index is 1.58. The molecule has 0 saturated carbocycles. The van der Waals surface area contributed by atoms with Crippen molar-refractivity contribution in [2.75, 3.05) is 38.2 Å². The molecule has 9 heteroatoms. The zero-order valence-corrected chi connectivity index (χ0v) is 17.7. The van der Waals surface area contributed by atoms with Crippen LogP contribution in [0.25, 0.3) is 16.8 Å². The lowest BCUT2D eigenvalue weighted by Gasteiger charge is -2.35. The Kier molecular flexibility index (Phi) is 5.43. The molecular weight excluding hydrogens is 384 g/mol. The number of aromatic nitrogens is 4. The molecule has 0 unspecified atom stereocenters.